The summed E-state index contributed by atoms with van der Waals surface area (Å²) in [5.41, 5.74) is 8.16. The van der Waals surface area contributed by atoms with Crippen LogP contribution in [-0.2, 0) is 41.2 Å². The number of hydrogen-bond acceptors (Lipinski definition) is 14. The van der Waals surface area contributed by atoms with Crippen molar-refractivity contribution < 1.29 is 54.3 Å². The lowest BCUT2D eigenvalue weighted by atomic mass is 10.0. The van der Waals surface area contributed by atoms with Crippen molar-refractivity contribution in [1.82, 2.24) is 58.9 Å². The Labute approximate surface area is 387 Å². The van der Waals surface area contributed by atoms with Crippen molar-refractivity contribution in [2.75, 3.05) is 34.0 Å². The molecule has 69 heavy (non-hydrogen) atoms. The maximum Gasteiger partial charge on any atom is 0.455 e. The number of imidazole rings is 2. The summed E-state index contributed by atoms with van der Waals surface area (Å²) >= 11 is 0. The minimum atomic E-state index is -4.71. The van der Waals surface area contributed by atoms with Crippen LogP contribution in [0, 0.1) is 0 Å². The summed E-state index contributed by atoms with van der Waals surface area (Å²) in [5, 5.41) is 15.9. The zero-order chi connectivity index (χ0) is 48.2. The highest BCUT2D eigenvalue weighted by Crippen LogP contribution is 2.42. The van der Waals surface area contributed by atoms with Crippen LogP contribution in [-0.4, -0.2) is 99.1 Å². The molecule has 0 amide bonds. The smallest absolute Gasteiger partial charge is 0.455 e. The third-order valence-corrected chi connectivity index (χ3v) is 12.0. The molecule has 8 aromatic rings. The Morgan fingerprint density at radius 3 is 1.71 bits per heavy atom. The van der Waals surface area contributed by atoms with Gasteiger partial charge in [0.15, 0.2) is 11.4 Å². The number of alkyl halides is 6. The third kappa shape index (κ3) is 8.50. The van der Waals surface area contributed by atoms with Crippen LogP contribution >= 0.6 is 0 Å². The van der Waals surface area contributed by atoms with E-state index >= 15 is 0 Å². The van der Waals surface area contributed by atoms with Crippen molar-refractivity contribution in [2.45, 2.75) is 77.0 Å². The Balaban J connectivity index is 0.000000155. The molecule has 2 unspecified atom stereocenters. The van der Waals surface area contributed by atoms with Crippen molar-refractivity contribution >= 4 is 0 Å². The molecule has 0 bridgehead atoms. The number of aromatic nitrogens is 12. The van der Waals surface area contributed by atoms with E-state index in [1.807, 2.05) is 81.1 Å². The lowest BCUT2D eigenvalue weighted by molar-refractivity contribution is -0.146. The second-order valence-electron chi connectivity index (χ2n) is 16.1. The molecule has 12 rings (SSSR count). The van der Waals surface area contributed by atoms with Gasteiger partial charge in [0, 0.05) is 60.7 Å². The van der Waals surface area contributed by atoms with Gasteiger partial charge < -0.3 is 37.1 Å². The van der Waals surface area contributed by atoms with Crippen molar-refractivity contribution in [1.29, 1.82) is 0 Å². The molecule has 18 nitrogen and oxygen atoms in total. The van der Waals surface area contributed by atoms with Gasteiger partial charge in [0.25, 0.3) is 23.4 Å². The molecule has 2 saturated heterocycles. The number of fused-ring (bicyclic) bond motifs is 10. The van der Waals surface area contributed by atoms with Crippen molar-refractivity contribution in [3.05, 3.63) is 95.6 Å². The van der Waals surface area contributed by atoms with E-state index in [9.17, 15) is 26.3 Å². The van der Waals surface area contributed by atoms with Crippen LogP contribution in [0.5, 0.6) is 11.5 Å². The van der Waals surface area contributed by atoms with Crippen LogP contribution in [0.4, 0.5) is 26.3 Å². The molecule has 2 atom stereocenters. The Morgan fingerprint density at radius 2 is 1.23 bits per heavy atom. The average Bonchev–Trinajstić information content (AvgIpc) is 4.19. The van der Waals surface area contributed by atoms with E-state index in [2.05, 4.69) is 30.2 Å². The molecule has 0 spiro atoms. The van der Waals surface area contributed by atoms with Gasteiger partial charge >= 0.3 is 12.4 Å². The number of benzene rings is 2. The van der Waals surface area contributed by atoms with Gasteiger partial charge in [-0.1, -0.05) is 24.2 Å². The fourth-order valence-corrected chi connectivity index (χ4v) is 8.78. The monoisotopic (exact) mass is 960 g/mol. The van der Waals surface area contributed by atoms with Gasteiger partial charge in [0.05, 0.1) is 73.7 Å². The van der Waals surface area contributed by atoms with Gasteiger partial charge in [-0.05, 0) is 55.7 Å². The molecule has 4 aliphatic heterocycles. The van der Waals surface area contributed by atoms with Gasteiger partial charge in [-0.2, -0.15) is 46.5 Å². The van der Waals surface area contributed by atoms with Gasteiger partial charge in [0.2, 0.25) is 0 Å². The first kappa shape index (κ1) is 45.4. The summed E-state index contributed by atoms with van der Waals surface area (Å²) in [5.74, 6) is -1.93. The van der Waals surface area contributed by atoms with Crippen LogP contribution in [0.15, 0.2) is 70.5 Å². The summed E-state index contributed by atoms with van der Waals surface area (Å²) in [6.07, 6.45) is 1.25. The van der Waals surface area contributed by atoms with Gasteiger partial charge in [0.1, 0.15) is 24.2 Å². The number of rotatable bonds is 7. The molecule has 2 fully saturated rings. The maximum atomic E-state index is 13.0. The molecule has 0 N–H and O–H groups in total. The fourth-order valence-electron chi connectivity index (χ4n) is 8.78. The number of halogens is 6. The minimum absolute atomic E-state index is 0.105. The van der Waals surface area contributed by atoms with E-state index in [-0.39, 0.29) is 35.3 Å². The number of ether oxygens (including phenoxy) is 4. The predicted molar refractivity (Wildman–Crippen MR) is 230 cm³/mol. The lowest BCUT2D eigenvalue weighted by Crippen LogP contribution is -2.15. The molecule has 4 aliphatic rings. The first-order valence-electron chi connectivity index (χ1n) is 22.0. The van der Waals surface area contributed by atoms with E-state index in [4.69, 9.17) is 38.2 Å². The molecule has 0 radical (unpaired) electrons. The molecule has 0 saturated carbocycles. The molecule has 2 aromatic carbocycles. The van der Waals surface area contributed by atoms with Crippen LogP contribution < -0.4 is 9.47 Å². The van der Waals surface area contributed by atoms with Gasteiger partial charge in [-0.25, -0.2) is 9.97 Å². The van der Waals surface area contributed by atoms with Crippen molar-refractivity contribution in [2.24, 2.45) is 0 Å². The largest absolute Gasteiger partial charge is 0.497 e. The maximum absolute atomic E-state index is 13.0. The average molecular weight is 961 g/mol. The summed E-state index contributed by atoms with van der Waals surface area (Å²) in [6.45, 7) is 6.63. The third-order valence-electron chi connectivity index (χ3n) is 12.0. The Bertz CT molecular complexity index is 3130. The van der Waals surface area contributed by atoms with Crippen LogP contribution in [0.25, 0.3) is 57.1 Å². The lowest BCUT2D eigenvalue weighted by Gasteiger charge is -2.12. The minimum Gasteiger partial charge on any atom is -0.497 e. The molecular weight excluding hydrogens is 919 g/mol. The number of nitrogens with zero attached hydrogens (tertiary/aromatic N) is 12. The highest BCUT2D eigenvalue weighted by Gasteiger charge is 2.40. The molecule has 360 valence electrons. The van der Waals surface area contributed by atoms with Crippen LogP contribution in [0.3, 0.4) is 0 Å². The van der Waals surface area contributed by atoms with Crippen LogP contribution in [0.1, 0.15) is 73.3 Å². The van der Waals surface area contributed by atoms with E-state index < -0.39 is 24.0 Å². The molecular formula is C45H42F6N12O6. The highest BCUT2D eigenvalue weighted by atomic mass is 19.4. The number of hydrogen-bond donors (Lipinski definition) is 0. The predicted octanol–water partition coefficient (Wildman–Crippen LogP) is 8.60. The second kappa shape index (κ2) is 18.0. The van der Waals surface area contributed by atoms with E-state index in [0.717, 1.165) is 70.9 Å². The zero-order valence-electron chi connectivity index (χ0n) is 37.4. The summed E-state index contributed by atoms with van der Waals surface area (Å²) in [4.78, 5) is 15.7. The fraction of sp³-hybridized carbons (Fsp3) is 0.378. The molecule has 6 aromatic heterocycles. The molecule has 24 heteroatoms. The standard InChI is InChI=1S/C22H19F3N6O3.C21H17F3N6O3.C2H6/c1-32-13-4-5-16-15(8-13)18-12(9-30(28-18)10-14-3-2-6-33-14)7-17-19(26-11-31(16)17)20-27-21(29-34-20)22(23,24)25;1-31-13-2-3-15-14(7-13)17-11(8-30(27-17)12-4-5-32-9-12)6-16-18(25-10-29(15)16)19-26-20(28-33-19)21(22,23)24;1-2/h4-5,8-9,11,14H,2-3,6-7,10H2,1H3;2-3,7-8,10,12H,4-6,9H2,1H3;1-2H3. The van der Waals surface area contributed by atoms with Crippen LogP contribution in [0.2, 0.25) is 0 Å². The Kier molecular flexibility index (Phi) is 11.8. The number of methoxy groups -OCH3 is 2. The summed E-state index contributed by atoms with van der Waals surface area (Å²) in [7, 11) is 3.17. The Morgan fingerprint density at radius 1 is 0.681 bits per heavy atom. The summed E-state index contributed by atoms with van der Waals surface area (Å²) < 4.78 is 118. The SMILES string of the molecule is CC.COc1ccc2c(c1)-c1nn(C3CCOC3)cc1Cc1c(-c3nc(C(F)(F)F)no3)ncn1-2.COc1ccc2c(c1)-c1nn(CC3CCCO3)cc1Cc1c(-c3nc(C(F)(F)F)no3)ncn1-2. The first-order chi connectivity index (χ1) is 33.3. The van der Waals surface area contributed by atoms with Gasteiger partial charge in [-0.15, -0.1) is 0 Å². The second-order valence-corrected chi connectivity index (χ2v) is 16.1. The zero-order valence-corrected chi connectivity index (χ0v) is 37.4. The normalized spacial score (nSPS) is 16.9. The van der Waals surface area contributed by atoms with Crippen molar-refractivity contribution in [3.63, 3.8) is 0 Å². The quantitative estimate of drug-likeness (QED) is 0.138. The van der Waals surface area contributed by atoms with Gasteiger partial charge in [-0.3, -0.25) is 9.36 Å². The Hall–Kier alpha value is -7.34. The first-order valence-corrected chi connectivity index (χ1v) is 22.0. The van der Waals surface area contributed by atoms with Crippen molar-refractivity contribution in [3.8, 4) is 68.6 Å². The molecule has 10 heterocycles. The topological polar surface area (TPSA) is 186 Å². The van der Waals surface area contributed by atoms with E-state index in [1.54, 1.807) is 20.5 Å². The van der Waals surface area contributed by atoms with E-state index in [1.165, 1.54) is 6.33 Å². The molecule has 0 aliphatic carbocycles. The highest BCUT2D eigenvalue weighted by molar-refractivity contribution is 5.78. The summed E-state index contributed by atoms with van der Waals surface area (Å²) in [6, 6.07) is 11.3. The van der Waals surface area contributed by atoms with E-state index in [0.29, 0.717) is 55.5 Å².